The van der Waals surface area contributed by atoms with Crippen LogP contribution in [0.3, 0.4) is 0 Å². The molecule has 0 fully saturated rings. The highest BCUT2D eigenvalue weighted by Gasteiger charge is 2.21. The van der Waals surface area contributed by atoms with E-state index in [1.54, 1.807) is 6.07 Å². The summed E-state index contributed by atoms with van der Waals surface area (Å²) in [5, 5.41) is 23.5. The number of halogens is 1. The number of carboxylic acids is 1. The number of hydrogen-bond acceptors (Lipinski definition) is 4. The lowest BCUT2D eigenvalue weighted by atomic mass is 10.1. The number of nitrogens with zero attached hydrogens (tertiary/aromatic N) is 3. The van der Waals surface area contributed by atoms with Crippen LogP contribution in [-0.2, 0) is 0 Å². The highest BCUT2D eigenvalue weighted by molar-refractivity contribution is 6.33. The topological polar surface area (TPSA) is 98.3 Å². The van der Waals surface area contributed by atoms with Gasteiger partial charge in [-0.25, -0.2) is 9.48 Å². The molecule has 0 spiro atoms. The molecule has 0 atom stereocenters. The first kappa shape index (κ1) is 12.1. The molecule has 18 heavy (non-hydrogen) atoms. The van der Waals surface area contributed by atoms with Crippen molar-refractivity contribution in [2.45, 2.75) is 0 Å². The second-order valence-corrected chi connectivity index (χ2v) is 3.74. The van der Waals surface area contributed by atoms with Crippen molar-refractivity contribution in [1.82, 2.24) is 9.78 Å². The predicted octanol–water partition coefficient (Wildman–Crippen LogP) is 2.13. The lowest BCUT2D eigenvalue weighted by molar-refractivity contribution is -0.384. The van der Waals surface area contributed by atoms with Gasteiger partial charge in [-0.3, -0.25) is 10.1 Å². The predicted molar refractivity (Wildman–Crippen MR) is 62.2 cm³/mol. The summed E-state index contributed by atoms with van der Waals surface area (Å²) in [6.07, 6.45) is 2.95. The molecule has 1 aromatic heterocycles. The van der Waals surface area contributed by atoms with Gasteiger partial charge in [-0.1, -0.05) is 11.6 Å². The Kier molecular flexibility index (Phi) is 2.99. The molecular formula is C10H6ClN3O4. The molecule has 0 aliphatic rings. The van der Waals surface area contributed by atoms with Crippen molar-refractivity contribution in [1.29, 1.82) is 0 Å². The molecule has 0 saturated heterocycles. The first-order valence-electron chi connectivity index (χ1n) is 4.72. The second-order valence-electron chi connectivity index (χ2n) is 3.34. The second kappa shape index (κ2) is 4.46. The fourth-order valence-corrected chi connectivity index (χ4v) is 1.79. The fraction of sp³-hybridized carbons (Fsp3) is 0. The van der Waals surface area contributed by atoms with Gasteiger partial charge in [-0.2, -0.15) is 5.10 Å². The zero-order valence-electron chi connectivity index (χ0n) is 8.78. The third-order valence-corrected chi connectivity index (χ3v) is 2.51. The molecule has 0 aliphatic carbocycles. The Bertz CT molecular complexity index is 624. The number of aromatic nitrogens is 2. The largest absolute Gasteiger partial charge is 0.478 e. The molecule has 0 unspecified atom stereocenters. The highest BCUT2D eigenvalue weighted by atomic mass is 35.5. The molecule has 2 aromatic rings. The lowest BCUT2D eigenvalue weighted by Crippen LogP contribution is -2.07. The summed E-state index contributed by atoms with van der Waals surface area (Å²) in [5.74, 6) is -1.31. The Hall–Kier alpha value is -2.41. The van der Waals surface area contributed by atoms with Crippen LogP contribution in [0.4, 0.5) is 5.69 Å². The third kappa shape index (κ3) is 2.03. The number of carbonyl (C=O) groups is 1. The van der Waals surface area contributed by atoms with Crippen molar-refractivity contribution in [2.24, 2.45) is 0 Å². The molecule has 92 valence electrons. The van der Waals surface area contributed by atoms with E-state index in [0.717, 1.165) is 12.1 Å². The number of carboxylic acid groups (broad SMARTS) is 1. The van der Waals surface area contributed by atoms with E-state index in [0.29, 0.717) is 0 Å². The van der Waals surface area contributed by atoms with E-state index in [4.69, 9.17) is 16.7 Å². The van der Waals surface area contributed by atoms with E-state index >= 15 is 0 Å². The maximum atomic E-state index is 11.1. The summed E-state index contributed by atoms with van der Waals surface area (Å²) in [7, 11) is 0. The Morgan fingerprint density at radius 1 is 1.50 bits per heavy atom. The van der Waals surface area contributed by atoms with Gasteiger partial charge in [-0.05, 0) is 6.07 Å². The van der Waals surface area contributed by atoms with Crippen LogP contribution in [0.2, 0.25) is 5.02 Å². The number of non-ortho nitro benzene ring substituents is 1. The molecule has 0 bridgehead atoms. The molecule has 0 aliphatic heterocycles. The maximum absolute atomic E-state index is 11.1. The van der Waals surface area contributed by atoms with Crippen molar-refractivity contribution >= 4 is 23.3 Å². The molecule has 0 amide bonds. The Labute approximate surface area is 105 Å². The van der Waals surface area contributed by atoms with Crippen molar-refractivity contribution in [3.05, 3.63) is 51.3 Å². The number of rotatable bonds is 3. The van der Waals surface area contributed by atoms with E-state index in [1.807, 2.05) is 0 Å². The van der Waals surface area contributed by atoms with Crippen LogP contribution in [0, 0.1) is 10.1 Å². The van der Waals surface area contributed by atoms with E-state index in [1.165, 1.54) is 17.1 Å². The molecule has 2 rings (SSSR count). The van der Waals surface area contributed by atoms with Crippen LogP contribution in [-0.4, -0.2) is 25.8 Å². The van der Waals surface area contributed by atoms with Crippen LogP contribution in [0.5, 0.6) is 0 Å². The number of hydrogen-bond donors (Lipinski definition) is 1. The van der Waals surface area contributed by atoms with E-state index < -0.39 is 10.9 Å². The molecule has 0 saturated carbocycles. The van der Waals surface area contributed by atoms with Gasteiger partial charge in [0.05, 0.1) is 21.2 Å². The van der Waals surface area contributed by atoms with Crippen LogP contribution in [0.1, 0.15) is 10.4 Å². The van der Waals surface area contributed by atoms with E-state index in [2.05, 4.69) is 5.10 Å². The minimum absolute atomic E-state index is 0.0506. The first-order chi connectivity index (χ1) is 8.50. The SMILES string of the molecule is O=C(O)c1cc([N+](=O)[O-])cc(Cl)c1-n1cccn1. The lowest BCUT2D eigenvalue weighted by Gasteiger charge is -2.08. The standard InChI is InChI=1S/C10H6ClN3O4/c11-8-5-6(14(17)18)4-7(10(15)16)9(8)13-3-1-2-12-13/h1-5H,(H,15,16). The third-order valence-electron chi connectivity index (χ3n) is 2.22. The van der Waals surface area contributed by atoms with Gasteiger partial charge in [0, 0.05) is 24.5 Å². The summed E-state index contributed by atoms with van der Waals surface area (Å²) >= 11 is 5.89. The number of nitro benzene ring substituents is 1. The van der Waals surface area contributed by atoms with Gasteiger partial charge in [0.15, 0.2) is 0 Å². The van der Waals surface area contributed by atoms with Gasteiger partial charge in [-0.15, -0.1) is 0 Å². The van der Waals surface area contributed by atoms with Crippen LogP contribution < -0.4 is 0 Å². The van der Waals surface area contributed by atoms with Crippen molar-refractivity contribution in [3.8, 4) is 5.69 Å². The molecule has 0 radical (unpaired) electrons. The zero-order valence-corrected chi connectivity index (χ0v) is 9.53. The van der Waals surface area contributed by atoms with Gasteiger partial charge < -0.3 is 5.11 Å². The molecule has 7 nitrogen and oxygen atoms in total. The van der Waals surface area contributed by atoms with Gasteiger partial charge in [0.1, 0.15) is 0 Å². The average molecular weight is 268 g/mol. The van der Waals surface area contributed by atoms with Gasteiger partial charge in [0.2, 0.25) is 0 Å². The summed E-state index contributed by atoms with van der Waals surface area (Å²) in [4.78, 5) is 21.1. The minimum Gasteiger partial charge on any atom is -0.478 e. The van der Waals surface area contributed by atoms with Crippen LogP contribution in [0.25, 0.3) is 5.69 Å². The summed E-state index contributed by atoms with van der Waals surface area (Å²) in [6.45, 7) is 0. The fourth-order valence-electron chi connectivity index (χ4n) is 1.49. The molecule has 1 N–H and O–H groups in total. The molecule has 1 heterocycles. The van der Waals surface area contributed by atoms with Crippen LogP contribution in [0.15, 0.2) is 30.6 Å². The summed E-state index contributed by atoms with van der Waals surface area (Å²) in [6, 6.07) is 3.62. The Morgan fingerprint density at radius 2 is 2.22 bits per heavy atom. The average Bonchev–Trinajstić information content (AvgIpc) is 2.80. The first-order valence-corrected chi connectivity index (χ1v) is 5.09. The smallest absolute Gasteiger partial charge is 0.338 e. The number of nitro groups is 1. The monoisotopic (exact) mass is 267 g/mol. The number of benzene rings is 1. The van der Waals surface area contributed by atoms with Crippen molar-refractivity contribution < 1.29 is 14.8 Å². The molecule has 1 aromatic carbocycles. The Morgan fingerprint density at radius 3 is 2.72 bits per heavy atom. The van der Waals surface area contributed by atoms with Gasteiger partial charge in [0.25, 0.3) is 5.69 Å². The number of aromatic carboxylic acids is 1. The maximum Gasteiger partial charge on any atom is 0.338 e. The quantitative estimate of drug-likeness (QED) is 0.678. The van der Waals surface area contributed by atoms with E-state index in [-0.39, 0.29) is 22.0 Å². The van der Waals surface area contributed by atoms with Gasteiger partial charge >= 0.3 is 5.97 Å². The minimum atomic E-state index is -1.31. The normalized spacial score (nSPS) is 10.3. The van der Waals surface area contributed by atoms with Crippen molar-refractivity contribution in [2.75, 3.05) is 0 Å². The van der Waals surface area contributed by atoms with Crippen LogP contribution >= 0.6 is 11.6 Å². The molecule has 8 heteroatoms. The summed E-state index contributed by atoms with van der Waals surface area (Å²) in [5.41, 5.74) is -0.564. The van der Waals surface area contributed by atoms with Crippen molar-refractivity contribution in [3.63, 3.8) is 0 Å². The van der Waals surface area contributed by atoms with E-state index in [9.17, 15) is 14.9 Å². The summed E-state index contributed by atoms with van der Waals surface area (Å²) < 4.78 is 1.25. The molecular weight excluding hydrogens is 262 g/mol. The Balaban J connectivity index is 2.73. The zero-order chi connectivity index (χ0) is 13.3. The highest BCUT2D eigenvalue weighted by Crippen LogP contribution is 2.29.